The van der Waals surface area contributed by atoms with E-state index in [-0.39, 0.29) is 0 Å². The third-order valence-electron chi connectivity index (χ3n) is 4.81. The van der Waals surface area contributed by atoms with Crippen LogP contribution >= 0.6 is 0 Å². The van der Waals surface area contributed by atoms with E-state index in [1.165, 1.54) is 0 Å². The first kappa shape index (κ1) is 34.2. The molecule has 0 saturated carbocycles. The standard InChI is InChI=1S/C16H48O12Si10/c1-29(2,3)17-32(10)20-35(13)22-33(11,18-30(4,5)6)24-37(15)25-34(12,19-31(7,8)9)23-36(14,21-32)27-38(16,26-35)28-37/h1-16H3. The lowest BCUT2D eigenvalue weighted by Gasteiger charge is -2.56. The third kappa shape index (κ3) is 9.34. The highest BCUT2D eigenvalue weighted by atomic mass is 28.6. The van der Waals surface area contributed by atoms with Crippen LogP contribution in [0.15, 0.2) is 0 Å². The third-order valence-corrected chi connectivity index (χ3v) is 43.3. The van der Waals surface area contributed by atoms with Gasteiger partial charge in [0.1, 0.15) is 0 Å². The zero-order valence-electron chi connectivity index (χ0n) is 25.9. The van der Waals surface area contributed by atoms with Gasteiger partial charge < -0.3 is 49.4 Å². The molecule has 0 amide bonds. The first-order valence-corrected chi connectivity index (χ1v) is 38.7. The van der Waals surface area contributed by atoms with Crippen LogP contribution in [0.2, 0.25) is 105 Å². The second-order valence-corrected chi connectivity index (χ2v) is 48.1. The molecule has 0 N–H and O–H groups in total. The van der Waals surface area contributed by atoms with Gasteiger partial charge in [0.25, 0.3) is 0 Å². The van der Waals surface area contributed by atoms with Crippen LogP contribution in [0, 0.1) is 0 Å². The Balaban J connectivity index is 2.26. The van der Waals surface area contributed by atoms with Gasteiger partial charge in [-0.15, -0.1) is 0 Å². The molecule has 0 unspecified atom stereocenters. The molecule has 38 heavy (non-hydrogen) atoms. The van der Waals surface area contributed by atoms with Crippen molar-refractivity contribution in [2.75, 3.05) is 0 Å². The van der Waals surface area contributed by atoms with E-state index in [1.54, 1.807) is 6.55 Å². The highest BCUT2D eigenvalue weighted by molar-refractivity contribution is 6.99. The first-order chi connectivity index (χ1) is 16.5. The van der Waals surface area contributed by atoms with Gasteiger partial charge in [-0.3, -0.25) is 0 Å². The van der Waals surface area contributed by atoms with Crippen molar-refractivity contribution in [3.8, 4) is 0 Å². The molecular formula is C16H48O12Si10. The highest BCUT2D eigenvalue weighted by Gasteiger charge is 2.73. The minimum Gasteiger partial charge on any atom is -0.417 e. The highest BCUT2D eigenvalue weighted by Crippen LogP contribution is 2.43. The summed E-state index contributed by atoms with van der Waals surface area (Å²) in [5, 5.41) is 0. The number of hydrogen-bond donors (Lipinski definition) is 0. The maximum absolute atomic E-state index is 6.78. The smallest absolute Gasteiger partial charge is 0.417 e. The Morgan fingerprint density at radius 2 is 0.474 bits per heavy atom. The Labute approximate surface area is 239 Å². The molecule has 0 radical (unpaired) electrons. The number of fused-ring (bicyclic) bond motifs is 3. The summed E-state index contributed by atoms with van der Waals surface area (Å²) in [6.45, 7) is 31.5. The molecular weight excluding hydrogens is 665 g/mol. The second kappa shape index (κ2) is 10.1. The molecule has 3 aliphatic rings. The molecule has 3 rings (SSSR count). The topological polar surface area (TPSA) is 111 Å². The Morgan fingerprint density at radius 1 is 0.316 bits per heavy atom. The minimum absolute atomic E-state index is 1.79. The molecule has 22 heteroatoms. The molecule has 12 nitrogen and oxygen atoms in total. The van der Waals surface area contributed by atoms with E-state index in [9.17, 15) is 0 Å². The molecule has 0 aromatic rings. The van der Waals surface area contributed by atoms with E-state index >= 15 is 0 Å². The van der Waals surface area contributed by atoms with Crippen LogP contribution in [-0.4, -0.2) is 86.6 Å². The second-order valence-electron chi connectivity index (χ2n) is 13.6. The van der Waals surface area contributed by atoms with Crippen molar-refractivity contribution in [2.24, 2.45) is 0 Å². The van der Waals surface area contributed by atoms with Crippen LogP contribution in [0.25, 0.3) is 0 Å². The van der Waals surface area contributed by atoms with Crippen molar-refractivity contribution in [1.82, 2.24) is 0 Å². The maximum Gasteiger partial charge on any atom is 0.475 e. The van der Waals surface area contributed by atoms with Crippen LogP contribution in [0.1, 0.15) is 0 Å². The number of rotatable bonds is 6. The van der Waals surface area contributed by atoms with Crippen LogP contribution < -0.4 is 0 Å². The lowest BCUT2D eigenvalue weighted by molar-refractivity contribution is 0.0244. The predicted octanol–water partition coefficient (Wildman–Crippen LogP) is 4.71. The molecule has 3 heterocycles. The van der Waals surface area contributed by atoms with E-state index < -0.39 is 86.6 Å². The number of hydrogen-bond acceptors (Lipinski definition) is 12. The fraction of sp³-hybridized carbons (Fsp3) is 1.00. The van der Waals surface area contributed by atoms with Crippen molar-refractivity contribution in [3.05, 3.63) is 0 Å². The quantitative estimate of drug-likeness (QED) is 0.356. The molecule has 224 valence electrons. The van der Waals surface area contributed by atoms with Gasteiger partial charge >= 0.3 is 61.6 Å². The van der Waals surface area contributed by atoms with Crippen LogP contribution in [0.4, 0.5) is 0 Å². The monoisotopic (exact) mass is 712 g/mol. The Bertz CT molecular complexity index is 775. The molecule has 0 aromatic heterocycles. The van der Waals surface area contributed by atoms with Gasteiger partial charge in [0.2, 0.25) is 0 Å². The molecule has 3 saturated heterocycles. The van der Waals surface area contributed by atoms with Crippen LogP contribution in [0.5, 0.6) is 0 Å². The molecule has 0 atom stereocenters. The summed E-state index contributed by atoms with van der Waals surface area (Å²) >= 11 is 0. The van der Waals surface area contributed by atoms with Gasteiger partial charge in [-0.2, -0.15) is 0 Å². The van der Waals surface area contributed by atoms with Crippen LogP contribution in [-0.2, 0) is 49.4 Å². The summed E-state index contributed by atoms with van der Waals surface area (Å²) in [5.41, 5.74) is 0. The summed E-state index contributed by atoms with van der Waals surface area (Å²) in [6, 6.07) is 0. The fourth-order valence-electron chi connectivity index (χ4n) is 5.14. The summed E-state index contributed by atoms with van der Waals surface area (Å²) < 4.78 is 80.8. The summed E-state index contributed by atoms with van der Waals surface area (Å²) in [4.78, 5) is 0. The molecule has 3 fully saturated rings. The summed E-state index contributed by atoms with van der Waals surface area (Å²) in [6.07, 6.45) is 0. The molecule has 0 spiro atoms. The molecule has 0 aliphatic carbocycles. The predicted molar refractivity (Wildman–Crippen MR) is 164 cm³/mol. The molecule has 0 aromatic carbocycles. The Morgan fingerprint density at radius 3 is 0.632 bits per heavy atom. The van der Waals surface area contributed by atoms with Crippen LogP contribution in [0.3, 0.4) is 0 Å². The maximum atomic E-state index is 6.78. The Kier molecular flexibility index (Phi) is 9.10. The van der Waals surface area contributed by atoms with Gasteiger partial charge in [0.05, 0.1) is 0 Å². The summed E-state index contributed by atoms with van der Waals surface area (Å²) in [7, 11) is -31.3. The van der Waals surface area contributed by atoms with Crippen molar-refractivity contribution in [3.63, 3.8) is 0 Å². The van der Waals surface area contributed by atoms with Gasteiger partial charge in [0.15, 0.2) is 25.0 Å². The SMILES string of the molecule is C[Si](C)(C)O[Si]1(C)O[Si]2(C)O[Si](C)(O[Si](C)(C)C)O[Si]3(C)O[Si](C)(O[Si](C)(C)C)O[Si](C)(O1)O[Si](C)(O2)O3. The van der Waals surface area contributed by atoms with Gasteiger partial charge in [-0.25, -0.2) is 0 Å². The largest absolute Gasteiger partial charge is 0.475 e. The Hall–Kier alpha value is 1.69. The van der Waals surface area contributed by atoms with Gasteiger partial charge in [-0.05, 0) is 58.9 Å². The first-order valence-electron chi connectivity index (χ1n) is 12.9. The van der Waals surface area contributed by atoms with Crippen molar-refractivity contribution in [2.45, 2.75) is 105 Å². The van der Waals surface area contributed by atoms with Crippen molar-refractivity contribution in [1.29, 1.82) is 0 Å². The van der Waals surface area contributed by atoms with Crippen molar-refractivity contribution < 1.29 is 49.4 Å². The van der Waals surface area contributed by atoms with E-state index in [0.29, 0.717) is 0 Å². The van der Waals surface area contributed by atoms with E-state index in [4.69, 9.17) is 49.4 Å². The lowest BCUT2D eigenvalue weighted by Crippen LogP contribution is -2.81. The van der Waals surface area contributed by atoms with Gasteiger partial charge in [0, 0.05) is 45.8 Å². The summed E-state index contributed by atoms with van der Waals surface area (Å²) in [5.74, 6) is 0. The average Bonchev–Trinajstić information content (AvgIpc) is 2.38. The average molecular weight is 713 g/mol. The molecule has 3 aliphatic heterocycles. The fourth-order valence-corrected chi connectivity index (χ4v) is 54.1. The zero-order valence-corrected chi connectivity index (χ0v) is 35.9. The van der Waals surface area contributed by atoms with Crippen molar-refractivity contribution >= 4 is 86.6 Å². The normalized spacial score (nSPS) is 47.1. The van der Waals surface area contributed by atoms with E-state index in [0.717, 1.165) is 0 Å². The van der Waals surface area contributed by atoms with E-state index in [1.807, 2.05) is 39.3 Å². The lowest BCUT2D eigenvalue weighted by atomic mass is 11.8. The minimum atomic E-state index is -3.58. The molecule has 4 bridgehead atoms. The van der Waals surface area contributed by atoms with Gasteiger partial charge in [-0.1, -0.05) is 0 Å². The van der Waals surface area contributed by atoms with E-state index in [2.05, 4.69) is 58.9 Å². The zero-order chi connectivity index (χ0) is 29.5.